The van der Waals surface area contributed by atoms with Crippen LogP contribution in [0.5, 0.6) is 5.75 Å². The molecule has 1 aromatic heterocycles. The first-order valence-corrected chi connectivity index (χ1v) is 7.27. The van der Waals surface area contributed by atoms with Gasteiger partial charge in [-0.1, -0.05) is 13.3 Å². The summed E-state index contributed by atoms with van der Waals surface area (Å²) in [4.78, 5) is 23.4. The van der Waals surface area contributed by atoms with Gasteiger partial charge in [-0.3, -0.25) is 9.59 Å². The largest absolute Gasteiger partial charge is 0.488 e. The van der Waals surface area contributed by atoms with E-state index >= 15 is 0 Å². The maximum Gasteiger partial charge on any atom is 0.236 e. The number of rotatable bonds is 8. The second kappa shape index (κ2) is 8.46. The summed E-state index contributed by atoms with van der Waals surface area (Å²) in [5, 5.41) is 5.65. The van der Waals surface area contributed by atoms with Gasteiger partial charge in [0.15, 0.2) is 5.75 Å². The van der Waals surface area contributed by atoms with Crippen LogP contribution in [0.1, 0.15) is 32.4 Å². The van der Waals surface area contributed by atoms with Crippen molar-refractivity contribution in [2.45, 2.75) is 39.3 Å². The fraction of sp³-hybridized carbons (Fsp3) is 0.600. The van der Waals surface area contributed by atoms with Crippen LogP contribution < -0.4 is 20.8 Å². The molecule has 1 amide bonds. The normalized spacial score (nSPS) is 12.0. The standard InChI is InChI=1S/C15H25N3O3/c1-5-6-7-21-14-10-18(4)12(8-13(14)19)9-17-11(2)15(20)16-3/h8,10-11,17H,5-7,9H2,1-4H3,(H,16,20)/t11-/m0/s1. The Morgan fingerprint density at radius 3 is 2.81 bits per heavy atom. The molecule has 1 atom stereocenters. The average molecular weight is 295 g/mol. The minimum absolute atomic E-state index is 0.0838. The Bertz CT molecular complexity index is 525. The molecule has 21 heavy (non-hydrogen) atoms. The third-order valence-electron chi connectivity index (χ3n) is 3.29. The number of nitrogens with one attached hydrogen (secondary N) is 2. The topological polar surface area (TPSA) is 72.4 Å². The molecule has 0 saturated heterocycles. The van der Waals surface area contributed by atoms with Crippen molar-refractivity contribution >= 4 is 5.91 Å². The number of likely N-dealkylation sites (N-methyl/N-ethyl adjacent to an activating group) is 1. The number of nitrogens with zero attached hydrogens (tertiary/aromatic N) is 1. The zero-order chi connectivity index (χ0) is 15.8. The lowest BCUT2D eigenvalue weighted by molar-refractivity contribution is -0.122. The number of unbranched alkanes of at least 4 members (excludes halogenated alkanes) is 1. The third kappa shape index (κ3) is 5.23. The predicted molar refractivity (Wildman–Crippen MR) is 82.5 cm³/mol. The molecule has 2 N–H and O–H groups in total. The fourth-order valence-electron chi connectivity index (χ4n) is 1.82. The molecular formula is C15H25N3O3. The van der Waals surface area contributed by atoms with Gasteiger partial charge in [-0.05, 0) is 13.3 Å². The van der Waals surface area contributed by atoms with E-state index in [-0.39, 0.29) is 17.4 Å². The molecule has 0 aliphatic carbocycles. The molecule has 0 aromatic carbocycles. The number of aromatic nitrogens is 1. The number of pyridine rings is 1. The van der Waals surface area contributed by atoms with E-state index in [1.165, 1.54) is 0 Å². The number of hydrogen-bond donors (Lipinski definition) is 2. The van der Waals surface area contributed by atoms with Crippen LogP contribution in [0.3, 0.4) is 0 Å². The van der Waals surface area contributed by atoms with Crippen LogP contribution in [-0.2, 0) is 18.4 Å². The van der Waals surface area contributed by atoms with E-state index in [2.05, 4.69) is 17.6 Å². The van der Waals surface area contributed by atoms with Gasteiger partial charge >= 0.3 is 0 Å². The molecule has 0 unspecified atom stereocenters. The fourth-order valence-corrected chi connectivity index (χ4v) is 1.82. The van der Waals surface area contributed by atoms with Crippen LogP contribution in [0, 0.1) is 0 Å². The highest BCUT2D eigenvalue weighted by molar-refractivity contribution is 5.80. The number of ether oxygens (including phenoxy) is 1. The highest BCUT2D eigenvalue weighted by atomic mass is 16.5. The van der Waals surface area contributed by atoms with Crippen molar-refractivity contribution in [3.63, 3.8) is 0 Å². The summed E-state index contributed by atoms with van der Waals surface area (Å²) < 4.78 is 7.32. The van der Waals surface area contributed by atoms with E-state index in [4.69, 9.17) is 4.74 Å². The molecule has 0 radical (unpaired) electrons. The van der Waals surface area contributed by atoms with E-state index in [0.29, 0.717) is 18.9 Å². The van der Waals surface area contributed by atoms with Gasteiger partial charge in [0.25, 0.3) is 0 Å². The summed E-state index contributed by atoms with van der Waals surface area (Å²) >= 11 is 0. The van der Waals surface area contributed by atoms with Gasteiger partial charge < -0.3 is 19.9 Å². The molecule has 6 nitrogen and oxygen atoms in total. The molecule has 0 aliphatic heterocycles. The van der Waals surface area contributed by atoms with E-state index in [0.717, 1.165) is 18.5 Å². The zero-order valence-corrected chi connectivity index (χ0v) is 13.2. The predicted octanol–water partition coefficient (Wildman–Crippen LogP) is 0.788. The van der Waals surface area contributed by atoms with Gasteiger partial charge in [-0.2, -0.15) is 0 Å². The van der Waals surface area contributed by atoms with Crippen LogP contribution in [0.2, 0.25) is 0 Å². The number of amides is 1. The number of carbonyl (C=O) groups excluding carboxylic acids is 1. The van der Waals surface area contributed by atoms with E-state index < -0.39 is 0 Å². The third-order valence-corrected chi connectivity index (χ3v) is 3.29. The Balaban J connectivity index is 2.70. The van der Waals surface area contributed by atoms with Crippen LogP contribution in [0.4, 0.5) is 0 Å². The monoisotopic (exact) mass is 295 g/mol. The summed E-state index contributed by atoms with van der Waals surface area (Å²) in [6.45, 7) is 4.84. The quantitative estimate of drug-likeness (QED) is 0.696. The van der Waals surface area contributed by atoms with Crippen LogP contribution >= 0.6 is 0 Å². The molecule has 118 valence electrons. The van der Waals surface area contributed by atoms with E-state index in [9.17, 15) is 9.59 Å². The van der Waals surface area contributed by atoms with Crippen molar-refractivity contribution in [3.8, 4) is 5.75 Å². The van der Waals surface area contributed by atoms with Gasteiger partial charge in [0.1, 0.15) is 0 Å². The zero-order valence-electron chi connectivity index (χ0n) is 13.2. The summed E-state index contributed by atoms with van der Waals surface area (Å²) in [5.41, 5.74) is 0.673. The first-order chi connectivity index (χ1) is 9.99. The Labute approximate surface area is 125 Å². The molecule has 0 spiro atoms. The smallest absolute Gasteiger partial charge is 0.236 e. The summed E-state index contributed by atoms with van der Waals surface area (Å²) in [6.07, 6.45) is 3.65. The first kappa shape index (κ1) is 17.2. The highest BCUT2D eigenvalue weighted by Crippen LogP contribution is 2.06. The maximum atomic E-state index is 12.0. The minimum Gasteiger partial charge on any atom is -0.488 e. The van der Waals surface area contributed by atoms with Gasteiger partial charge in [0.05, 0.1) is 18.8 Å². The van der Waals surface area contributed by atoms with Crippen molar-refractivity contribution in [2.24, 2.45) is 7.05 Å². The molecule has 1 aromatic rings. The van der Waals surface area contributed by atoms with Gasteiger partial charge in [-0.25, -0.2) is 0 Å². The number of hydrogen-bond acceptors (Lipinski definition) is 4. The van der Waals surface area contributed by atoms with E-state index in [1.807, 2.05) is 11.6 Å². The van der Waals surface area contributed by atoms with Crippen molar-refractivity contribution < 1.29 is 9.53 Å². The maximum absolute atomic E-state index is 12.0. The average Bonchev–Trinajstić information content (AvgIpc) is 2.47. The molecule has 6 heteroatoms. The number of carbonyl (C=O) groups is 1. The Kier molecular flexibility index (Phi) is 6.94. The molecular weight excluding hydrogens is 270 g/mol. The summed E-state index contributed by atoms with van der Waals surface area (Å²) in [5.74, 6) is 0.286. The first-order valence-electron chi connectivity index (χ1n) is 7.27. The number of aryl methyl sites for hydroxylation is 1. The molecule has 0 aliphatic rings. The van der Waals surface area contributed by atoms with Crippen molar-refractivity contribution in [1.29, 1.82) is 0 Å². The van der Waals surface area contributed by atoms with E-state index in [1.54, 1.807) is 26.2 Å². The lowest BCUT2D eigenvalue weighted by Crippen LogP contribution is -2.40. The lowest BCUT2D eigenvalue weighted by atomic mass is 10.2. The van der Waals surface area contributed by atoms with Crippen molar-refractivity contribution in [3.05, 3.63) is 28.2 Å². The van der Waals surface area contributed by atoms with Crippen molar-refractivity contribution in [1.82, 2.24) is 15.2 Å². The Morgan fingerprint density at radius 1 is 1.48 bits per heavy atom. The van der Waals surface area contributed by atoms with Gasteiger partial charge in [0, 0.05) is 32.4 Å². The minimum atomic E-state index is -0.314. The second-order valence-electron chi connectivity index (χ2n) is 5.02. The summed E-state index contributed by atoms with van der Waals surface area (Å²) in [7, 11) is 3.45. The molecule has 0 fully saturated rings. The van der Waals surface area contributed by atoms with Gasteiger partial charge in [-0.15, -0.1) is 0 Å². The van der Waals surface area contributed by atoms with Crippen LogP contribution in [-0.4, -0.2) is 30.2 Å². The molecule has 1 rings (SSSR count). The lowest BCUT2D eigenvalue weighted by Gasteiger charge is -2.15. The molecule has 1 heterocycles. The van der Waals surface area contributed by atoms with Crippen molar-refractivity contribution in [2.75, 3.05) is 13.7 Å². The second-order valence-corrected chi connectivity index (χ2v) is 5.02. The molecule has 0 bridgehead atoms. The Hall–Kier alpha value is -1.82. The van der Waals surface area contributed by atoms with Crippen LogP contribution in [0.25, 0.3) is 0 Å². The SMILES string of the molecule is CCCCOc1cn(C)c(CN[C@@H](C)C(=O)NC)cc1=O. The van der Waals surface area contributed by atoms with Gasteiger partial charge in [0.2, 0.25) is 11.3 Å². The molecule has 0 saturated carbocycles. The van der Waals surface area contributed by atoms with Crippen LogP contribution in [0.15, 0.2) is 17.1 Å². The highest BCUT2D eigenvalue weighted by Gasteiger charge is 2.11. The Morgan fingerprint density at radius 2 is 2.19 bits per heavy atom. The summed E-state index contributed by atoms with van der Waals surface area (Å²) in [6, 6.07) is 1.23.